The molecule has 0 unspecified atom stereocenters. The van der Waals surface area contributed by atoms with Crippen molar-refractivity contribution in [3.8, 4) is 5.75 Å². The molecular formula is C21H23N2O6-. The molecule has 154 valence electrons. The van der Waals surface area contributed by atoms with Crippen molar-refractivity contribution in [2.75, 3.05) is 13.7 Å². The van der Waals surface area contributed by atoms with Crippen LogP contribution in [0.25, 0.3) is 6.08 Å². The molecule has 0 bridgehead atoms. The standard InChI is InChI=1S/C21H24N2O6/c1-28-16-10-8-15(9-11-16)14-17(23-21(27)18-6-5-13-29-18)20(26)22-12-4-2-3-7-19(24)25/h5-6,8-11,13-14H,2-4,7,12H2,1H3,(H,22,26)(H,23,27)(H,24,25)/p-1/b17-14-. The minimum atomic E-state index is -1.08. The monoisotopic (exact) mass is 399 g/mol. The predicted molar refractivity (Wildman–Crippen MR) is 104 cm³/mol. The average molecular weight is 399 g/mol. The average Bonchev–Trinajstić information content (AvgIpc) is 3.25. The molecule has 1 aromatic carbocycles. The molecule has 0 saturated heterocycles. The first-order chi connectivity index (χ1) is 14.0. The maximum atomic E-state index is 12.6. The van der Waals surface area contributed by atoms with Crippen LogP contribution in [0.5, 0.6) is 5.75 Å². The van der Waals surface area contributed by atoms with Gasteiger partial charge in [-0.3, -0.25) is 9.59 Å². The largest absolute Gasteiger partial charge is 0.550 e. The van der Waals surface area contributed by atoms with Gasteiger partial charge in [-0.2, -0.15) is 0 Å². The minimum absolute atomic E-state index is 0.00419. The van der Waals surface area contributed by atoms with Crippen molar-refractivity contribution in [1.29, 1.82) is 0 Å². The Kier molecular flexibility index (Phi) is 8.50. The molecule has 0 atom stereocenters. The van der Waals surface area contributed by atoms with Crippen LogP contribution in [0.2, 0.25) is 0 Å². The molecule has 0 aliphatic heterocycles. The third-order valence-electron chi connectivity index (χ3n) is 4.01. The lowest BCUT2D eigenvalue weighted by molar-refractivity contribution is -0.305. The molecule has 2 N–H and O–H groups in total. The fourth-order valence-corrected chi connectivity index (χ4v) is 2.49. The maximum Gasteiger partial charge on any atom is 0.291 e. The summed E-state index contributed by atoms with van der Waals surface area (Å²) in [5, 5.41) is 15.7. The summed E-state index contributed by atoms with van der Waals surface area (Å²) in [6.45, 7) is 0.350. The van der Waals surface area contributed by atoms with E-state index in [0.717, 1.165) is 0 Å². The van der Waals surface area contributed by atoms with Crippen LogP contribution in [0.15, 0.2) is 52.8 Å². The summed E-state index contributed by atoms with van der Waals surface area (Å²) < 4.78 is 10.2. The molecule has 1 aromatic heterocycles. The Morgan fingerprint density at radius 3 is 2.48 bits per heavy atom. The zero-order chi connectivity index (χ0) is 21.1. The third-order valence-corrected chi connectivity index (χ3v) is 4.01. The lowest BCUT2D eigenvalue weighted by atomic mass is 10.1. The number of methoxy groups -OCH3 is 1. The summed E-state index contributed by atoms with van der Waals surface area (Å²) in [6, 6.07) is 10.1. The van der Waals surface area contributed by atoms with E-state index < -0.39 is 17.8 Å². The van der Waals surface area contributed by atoms with Gasteiger partial charge in [-0.05, 0) is 55.2 Å². The Morgan fingerprint density at radius 1 is 1.10 bits per heavy atom. The van der Waals surface area contributed by atoms with Gasteiger partial charge in [0.05, 0.1) is 13.4 Å². The summed E-state index contributed by atoms with van der Waals surface area (Å²) in [4.78, 5) is 35.2. The first kappa shape index (κ1) is 21.7. The van der Waals surface area contributed by atoms with Crippen LogP contribution in [0.3, 0.4) is 0 Å². The Labute approximate surface area is 168 Å². The van der Waals surface area contributed by atoms with Gasteiger partial charge >= 0.3 is 0 Å². The van der Waals surface area contributed by atoms with Gasteiger partial charge in [0.2, 0.25) is 0 Å². The second-order valence-electron chi connectivity index (χ2n) is 6.20. The van der Waals surface area contributed by atoms with Crippen LogP contribution < -0.4 is 20.5 Å². The summed E-state index contributed by atoms with van der Waals surface area (Å²) in [5.41, 5.74) is 0.760. The van der Waals surface area contributed by atoms with E-state index in [1.54, 1.807) is 43.5 Å². The number of carbonyl (C=O) groups is 3. The molecule has 1 heterocycles. The fraction of sp³-hybridized carbons (Fsp3) is 0.286. The zero-order valence-corrected chi connectivity index (χ0v) is 16.1. The smallest absolute Gasteiger partial charge is 0.291 e. The van der Waals surface area contributed by atoms with Gasteiger partial charge in [-0.15, -0.1) is 0 Å². The molecule has 8 heteroatoms. The molecule has 8 nitrogen and oxygen atoms in total. The van der Waals surface area contributed by atoms with Gasteiger partial charge in [-0.1, -0.05) is 18.6 Å². The van der Waals surface area contributed by atoms with Crippen LogP contribution in [0.4, 0.5) is 0 Å². The van der Waals surface area contributed by atoms with Crippen molar-refractivity contribution in [2.45, 2.75) is 25.7 Å². The Bertz CT molecular complexity index is 841. The quantitative estimate of drug-likeness (QED) is 0.436. The van der Waals surface area contributed by atoms with E-state index in [1.165, 1.54) is 12.3 Å². The van der Waals surface area contributed by atoms with Crippen molar-refractivity contribution in [3.05, 3.63) is 59.7 Å². The highest BCUT2D eigenvalue weighted by atomic mass is 16.5. The lowest BCUT2D eigenvalue weighted by Crippen LogP contribution is -2.35. The van der Waals surface area contributed by atoms with Gasteiger partial charge < -0.3 is 29.7 Å². The summed E-state index contributed by atoms with van der Waals surface area (Å²) in [7, 11) is 1.56. The molecule has 0 aliphatic carbocycles. The van der Waals surface area contributed by atoms with E-state index in [4.69, 9.17) is 9.15 Å². The summed E-state index contributed by atoms with van der Waals surface area (Å²) in [6.07, 6.45) is 4.66. The number of ether oxygens (including phenoxy) is 1. The molecule has 2 aromatic rings. The normalized spacial score (nSPS) is 11.0. The SMILES string of the molecule is COc1ccc(/C=C(\NC(=O)c2ccco2)C(=O)NCCCCCC(=O)[O-])cc1. The number of unbranched alkanes of at least 4 members (excludes halogenated alkanes) is 2. The number of nitrogens with one attached hydrogen (secondary N) is 2. The van der Waals surface area contributed by atoms with Gasteiger partial charge in [0.15, 0.2) is 5.76 Å². The van der Waals surface area contributed by atoms with E-state index >= 15 is 0 Å². The van der Waals surface area contributed by atoms with Crippen LogP contribution in [0.1, 0.15) is 41.8 Å². The van der Waals surface area contributed by atoms with Gasteiger partial charge in [0.1, 0.15) is 11.4 Å². The Balaban J connectivity index is 2.02. The number of hydrogen-bond donors (Lipinski definition) is 2. The van der Waals surface area contributed by atoms with Crippen molar-refractivity contribution in [2.24, 2.45) is 0 Å². The molecule has 0 fully saturated rings. The van der Waals surface area contributed by atoms with Crippen LogP contribution in [-0.4, -0.2) is 31.4 Å². The molecule has 0 spiro atoms. The number of carboxylic acid groups (broad SMARTS) is 1. The second kappa shape index (κ2) is 11.3. The second-order valence-corrected chi connectivity index (χ2v) is 6.20. The van der Waals surface area contributed by atoms with Gasteiger partial charge in [0, 0.05) is 12.5 Å². The molecular weight excluding hydrogens is 376 g/mol. The van der Waals surface area contributed by atoms with Crippen molar-refractivity contribution in [3.63, 3.8) is 0 Å². The molecule has 29 heavy (non-hydrogen) atoms. The fourth-order valence-electron chi connectivity index (χ4n) is 2.49. The number of hydrogen-bond acceptors (Lipinski definition) is 6. The number of benzene rings is 1. The van der Waals surface area contributed by atoms with E-state index in [2.05, 4.69) is 10.6 Å². The topological polar surface area (TPSA) is 121 Å². The van der Waals surface area contributed by atoms with Gasteiger partial charge in [0.25, 0.3) is 11.8 Å². The Morgan fingerprint density at radius 2 is 1.86 bits per heavy atom. The number of amides is 2. The lowest BCUT2D eigenvalue weighted by Gasteiger charge is -2.11. The highest BCUT2D eigenvalue weighted by molar-refractivity contribution is 6.04. The maximum absolute atomic E-state index is 12.6. The molecule has 0 saturated carbocycles. The highest BCUT2D eigenvalue weighted by Crippen LogP contribution is 2.14. The van der Waals surface area contributed by atoms with Crippen LogP contribution >= 0.6 is 0 Å². The van der Waals surface area contributed by atoms with Crippen LogP contribution in [0, 0.1) is 0 Å². The Hall–Kier alpha value is -3.55. The van der Waals surface area contributed by atoms with Crippen molar-refractivity contribution >= 4 is 23.9 Å². The molecule has 0 aliphatic rings. The van der Waals surface area contributed by atoms with E-state index in [1.807, 2.05) is 0 Å². The van der Waals surface area contributed by atoms with Crippen molar-refractivity contribution in [1.82, 2.24) is 10.6 Å². The number of carboxylic acids is 1. The van der Waals surface area contributed by atoms with E-state index in [9.17, 15) is 19.5 Å². The predicted octanol–water partition coefficient (Wildman–Crippen LogP) is 1.49. The first-order valence-corrected chi connectivity index (χ1v) is 9.18. The first-order valence-electron chi connectivity index (χ1n) is 9.18. The van der Waals surface area contributed by atoms with Gasteiger partial charge in [-0.25, -0.2) is 0 Å². The summed E-state index contributed by atoms with van der Waals surface area (Å²) >= 11 is 0. The number of rotatable bonds is 11. The number of furan rings is 1. The third kappa shape index (κ3) is 7.53. The van der Waals surface area contributed by atoms with E-state index in [0.29, 0.717) is 37.1 Å². The molecule has 2 rings (SSSR count). The zero-order valence-electron chi connectivity index (χ0n) is 16.1. The number of carbonyl (C=O) groups excluding carboxylic acids is 3. The van der Waals surface area contributed by atoms with E-state index in [-0.39, 0.29) is 17.9 Å². The minimum Gasteiger partial charge on any atom is -0.550 e. The van der Waals surface area contributed by atoms with Crippen LogP contribution in [-0.2, 0) is 9.59 Å². The number of aliphatic carboxylic acids is 1. The van der Waals surface area contributed by atoms with Crippen molar-refractivity contribution < 1.29 is 28.6 Å². The highest BCUT2D eigenvalue weighted by Gasteiger charge is 2.16. The molecule has 0 radical (unpaired) electrons. The summed E-state index contributed by atoms with van der Waals surface area (Å²) in [5.74, 6) is -1.33. The molecule has 2 amide bonds.